The van der Waals surface area contributed by atoms with Gasteiger partial charge < -0.3 is 21.9 Å². The quantitative estimate of drug-likeness (QED) is 0.539. The number of hydrogen-bond donors (Lipinski definition) is 0. The monoisotopic (exact) mass is 393 g/mol. The summed E-state index contributed by atoms with van der Waals surface area (Å²) in [7, 11) is -1.99. The number of pyridine rings is 1. The van der Waals surface area contributed by atoms with E-state index in [-0.39, 0.29) is 72.0 Å². The van der Waals surface area contributed by atoms with E-state index in [4.69, 9.17) is 4.74 Å². The SMILES string of the molecule is COc1[c-]cnc(COS(C)(=O)=O)[c-]1.[Y].[Y]. The van der Waals surface area contributed by atoms with Crippen molar-refractivity contribution in [1.82, 2.24) is 4.98 Å². The molecule has 1 rings (SSSR count). The smallest absolute Gasteiger partial charge is 0.264 e. The Hall–Kier alpha value is 1.07. The van der Waals surface area contributed by atoms with Crippen molar-refractivity contribution in [3.63, 3.8) is 0 Å². The molecule has 0 amide bonds. The summed E-state index contributed by atoms with van der Waals surface area (Å²) in [5.41, 5.74) is 0.353. The van der Waals surface area contributed by atoms with Crippen LogP contribution in [0, 0.1) is 12.1 Å². The van der Waals surface area contributed by atoms with Gasteiger partial charge in [0.1, 0.15) is 0 Å². The maximum Gasteiger partial charge on any atom is 0.264 e. The van der Waals surface area contributed by atoms with Crippen LogP contribution in [-0.4, -0.2) is 26.8 Å². The average Bonchev–Trinajstić information content (AvgIpc) is 2.14. The fourth-order valence-electron chi connectivity index (χ4n) is 0.714. The maximum absolute atomic E-state index is 10.7. The maximum atomic E-state index is 10.7. The van der Waals surface area contributed by atoms with Crippen molar-refractivity contribution in [3.05, 3.63) is 24.0 Å². The van der Waals surface area contributed by atoms with Crippen LogP contribution in [0.2, 0.25) is 0 Å². The predicted octanol–water partition coefficient (Wildman–Crippen LogP) is 0.162. The van der Waals surface area contributed by atoms with Crippen molar-refractivity contribution in [2.24, 2.45) is 0 Å². The number of methoxy groups -OCH3 is 1. The molecule has 0 aliphatic heterocycles. The van der Waals surface area contributed by atoms with Crippen LogP contribution in [0.25, 0.3) is 0 Å². The summed E-state index contributed by atoms with van der Waals surface area (Å²) >= 11 is 0. The van der Waals surface area contributed by atoms with Gasteiger partial charge in [0.05, 0.1) is 20.0 Å². The van der Waals surface area contributed by atoms with Gasteiger partial charge >= 0.3 is 0 Å². The Morgan fingerprint density at radius 3 is 2.56 bits per heavy atom. The van der Waals surface area contributed by atoms with Gasteiger partial charge in [0.15, 0.2) is 0 Å². The van der Waals surface area contributed by atoms with Gasteiger partial charge in [0.2, 0.25) is 0 Å². The van der Waals surface area contributed by atoms with Crippen molar-refractivity contribution in [2.45, 2.75) is 6.61 Å². The van der Waals surface area contributed by atoms with Crippen LogP contribution >= 0.6 is 0 Å². The summed E-state index contributed by atoms with van der Waals surface area (Å²) in [4.78, 5) is 3.81. The first-order valence-electron chi connectivity index (χ1n) is 3.68. The molecule has 84 valence electrons. The normalized spacial score (nSPS) is 9.88. The van der Waals surface area contributed by atoms with Gasteiger partial charge in [-0.05, 0) is 0 Å². The molecule has 0 spiro atoms. The van der Waals surface area contributed by atoms with Gasteiger partial charge in [-0.15, -0.1) is 5.69 Å². The van der Waals surface area contributed by atoms with Gasteiger partial charge in [-0.2, -0.15) is 14.6 Å². The van der Waals surface area contributed by atoms with Crippen LogP contribution < -0.4 is 4.74 Å². The molecule has 0 aliphatic rings. The third-order valence-corrected chi connectivity index (χ3v) is 1.83. The second-order valence-corrected chi connectivity index (χ2v) is 4.12. The van der Waals surface area contributed by atoms with E-state index in [1.807, 2.05) is 0 Å². The molecule has 0 aromatic carbocycles. The summed E-state index contributed by atoms with van der Waals surface area (Å²) in [6.45, 7) is -0.149. The minimum absolute atomic E-state index is 0. The molecule has 0 aliphatic carbocycles. The van der Waals surface area contributed by atoms with Crippen LogP contribution in [0.1, 0.15) is 5.69 Å². The molecule has 8 heteroatoms. The van der Waals surface area contributed by atoms with Crippen LogP contribution in [0.4, 0.5) is 0 Å². The van der Waals surface area contributed by atoms with Crippen molar-refractivity contribution in [2.75, 3.05) is 13.4 Å². The molecule has 1 aromatic rings. The van der Waals surface area contributed by atoms with E-state index in [2.05, 4.69) is 21.3 Å². The van der Waals surface area contributed by atoms with Gasteiger partial charge in [0.25, 0.3) is 10.1 Å². The van der Waals surface area contributed by atoms with Crippen molar-refractivity contribution < 1.29 is 82.8 Å². The summed E-state index contributed by atoms with van der Waals surface area (Å²) in [5, 5.41) is 0. The molecule has 16 heavy (non-hydrogen) atoms. The number of rotatable bonds is 4. The second-order valence-electron chi connectivity index (χ2n) is 2.47. The van der Waals surface area contributed by atoms with E-state index in [9.17, 15) is 8.42 Å². The van der Waals surface area contributed by atoms with Gasteiger partial charge in [-0.1, -0.05) is 0 Å². The van der Waals surface area contributed by atoms with E-state index in [1.165, 1.54) is 13.3 Å². The number of nitrogens with zero attached hydrogens (tertiary/aromatic N) is 1. The molecule has 0 atom stereocenters. The molecule has 1 aromatic heterocycles. The van der Waals surface area contributed by atoms with Crippen molar-refractivity contribution in [3.8, 4) is 5.75 Å². The van der Waals surface area contributed by atoms with E-state index in [1.54, 1.807) is 0 Å². The number of aromatic nitrogens is 1. The third-order valence-electron chi connectivity index (χ3n) is 1.29. The number of ether oxygens (including phenoxy) is 1. The van der Waals surface area contributed by atoms with E-state index in [0.29, 0.717) is 11.4 Å². The Balaban J connectivity index is 0. The minimum atomic E-state index is -3.45. The topological polar surface area (TPSA) is 65.5 Å². The molecule has 1 heterocycles. The molecule has 0 fully saturated rings. The first-order valence-corrected chi connectivity index (χ1v) is 5.50. The summed E-state index contributed by atoms with van der Waals surface area (Å²) in [6.07, 6.45) is 2.34. The summed E-state index contributed by atoms with van der Waals surface area (Å²) < 4.78 is 30.7. The largest absolute Gasteiger partial charge is 0.568 e. The van der Waals surface area contributed by atoms with Crippen LogP contribution in [0.3, 0.4) is 0 Å². The summed E-state index contributed by atoms with van der Waals surface area (Å²) in [5.74, 6) is 0.368. The Kier molecular flexibility index (Phi) is 11.0. The van der Waals surface area contributed by atoms with E-state index >= 15 is 0 Å². The first kappa shape index (κ1) is 19.4. The molecular formula is C8H9NO4SY2-2. The summed E-state index contributed by atoms with van der Waals surface area (Å²) in [6, 6.07) is 5.35. The molecule has 5 nitrogen and oxygen atoms in total. The average molecular weight is 393 g/mol. The van der Waals surface area contributed by atoms with Gasteiger partial charge in [0, 0.05) is 65.4 Å². The molecule has 2 radical (unpaired) electrons. The Labute approximate surface area is 146 Å². The standard InChI is InChI=1S/C8H9NO4S.2Y/c1-12-8-3-4-9-7(5-8)6-13-14(2,10)11;;/h4H,6H2,1-2H3;;/q-2;;. The molecule has 0 bridgehead atoms. The molecule has 0 unspecified atom stereocenters. The van der Waals surface area contributed by atoms with Gasteiger partial charge in [-0.25, -0.2) is 5.75 Å². The fourth-order valence-corrected chi connectivity index (χ4v) is 1.04. The Morgan fingerprint density at radius 2 is 2.06 bits per heavy atom. The Bertz CT molecular complexity index is 410. The second kappa shape index (κ2) is 9.06. The first-order chi connectivity index (χ1) is 6.51. The minimum Gasteiger partial charge on any atom is -0.568 e. The Morgan fingerprint density at radius 1 is 1.44 bits per heavy atom. The predicted molar refractivity (Wildman–Crippen MR) is 48.1 cm³/mol. The zero-order valence-electron chi connectivity index (χ0n) is 8.93. The van der Waals surface area contributed by atoms with Gasteiger partial charge in [-0.3, -0.25) is 4.18 Å². The molecule has 0 saturated heterocycles. The zero-order chi connectivity index (χ0) is 10.6. The van der Waals surface area contributed by atoms with Crippen LogP contribution in [0.15, 0.2) is 6.20 Å². The van der Waals surface area contributed by atoms with E-state index < -0.39 is 10.1 Å². The van der Waals surface area contributed by atoms with Crippen LogP contribution in [-0.2, 0) is 86.3 Å². The zero-order valence-corrected chi connectivity index (χ0v) is 15.4. The fraction of sp³-hybridized carbons (Fsp3) is 0.375. The van der Waals surface area contributed by atoms with Crippen molar-refractivity contribution >= 4 is 10.1 Å². The van der Waals surface area contributed by atoms with Crippen molar-refractivity contribution in [1.29, 1.82) is 0 Å². The molecule has 0 N–H and O–H groups in total. The molecule has 0 saturated carbocycles. The number of hydrogen-bond acceptors (Lipinski definition) is 5. The third kappa shape index (κ3) is 8.20. The van der Waals surface area contributed by atoms with Crippen LogP contribution in [0.5, 0.6) is 5.75 Å². The van der Waals surface area contributed by atoms with E-state index in [0.717, 1.165) is 6.26 Å². The molecular weight excluding hydrogens is 384 g/mol.